The summed E-state index contributed by atoms with van der Waals surface area (Å²) < 4.78 is 11.4. The minimum absolute atomic E-state index is 0.0663. The van der Waals surface area contributed by atoms with Gasteiger partial charge in [-0.05, 0) is 42.3 Å². The predicted molar refractivity (Wildman–Crippen MR) is 107 cm³/mol. The second kappa shape index (κ2) is 7.66. The third-order valence-corrected chi connectivity index (χ3v) is 5.47. The van der Waals surface area contributed by atoms with Crippen molar-refractivity contribution >= 4 is 16.9 Å². The summed E-state index contributed by atoms with van der Waals surface area (Å²) in [6, 6.07) is 11.3. The molecule has 0 spiro atoms. The highest BCUT2D eigenvalue weighted by atomic mass is 16.5. The first kappa shape index (κ1) is 18.5. The van der Waals surface area contributed by atoms with Gasteiger partial charge in [-0.15, -0.1) is 0 Å². The first-order valence-electron chi connectivity index (χ1n) is 9.37. The average molecular weight is 380 g/mol. The van der Waals surface area contributed by atoms with Crippen molar-refractivity contribution in [2.24, 2.45) is 0 Å². The molecule has 28 heavy (non-hydrogen) atoms. The predicted octanol–water partition coefficient (Wildman–Crippen LogP) is 3.76. The largest absolute Gasteiger partial charge is 0.496 e. The summed E-state index contributed by atoms with van der Waals surface area (Å²) in [5.41, 5.74) is 4.79. The maximum atomic E-state index is 11.1. The molecule has 3 aromatic rings. The van der Waals surface area contributed by atoms with E-state index in [0.29, 0.717) is 18.8 Å². The van der Waals surface area contributed by atoms with E-state index in [1.165, 1.54) is 5.39 Å². The number of aryl methyl sites for hydroxylation is 1. The van der Waals surface area contributed by atoms with Crippen LogP contribution in [0.3, 0.4) is 0 Å². The summed E-state index contributed by atoms with van der Waals surface area (Å²) in [7, 11) is 1.71. The third kappa shape index (κ3) is 3.37. The van der Waals surface area contributed by atoms with Gasteiger partial charge >= 0.3 is 5.97 Å². The number of carboxylic acids is 1. The molecule has 1 atom stereocenters. The van der Waals surface area contributed by atoms with Gasteiger partial charge in [0.2, 0.25) is 0 Å². The SMILES string of the molecule is COc1cc(C)c2[nH]ccc2c1CN1CCOC[C@H]1c1ccc(C(=O)O)cc1. The zero-order chi connectivity index (χ0) is 19.7. The standard InChI is InChI=1S/C22H24N2O4/c1-14-11-20(27-2)18(17-7-8-23-21(14)17)12-24-9-10-28-13-19(24)15-3-5-16(6-4-15)22(25)26/h3-8,11,19,23H,9-10,12-13H2,1-2H3,(H,25,26)/t19-/m0/s1. The zero-order valence-electron chi connectivity index (χ0n) is 16.1. The number of carbonyl (C=O) groups is 1. The fourth-order valence-electron chi connectivity index (χ4n) is 3.97. The lowest BCUT2D eigenvalue weighted by Gasteiger charge is -2.36. The molecule has 146 valence electrons. The number of H-pyrrole nitrogens is 1. The van der Waals surface area contributed by atoms with Gasteiger partial charge in [-0.3, -0.25) is 4.90 Å². The Labute approximate surface area is 163 Å². The molecule has 0 bridgehead atoms. The number of rotatable bonds is 5. The van der Waals surface area contributed by atoms with E-state index in [-0.39, 0.29) is 6.04 Å². The number of hydrogen-bond donors (Lipinski definition) is 2. The molecule has 4 rings (SSSR count). The van der Waals surface area contributed by atoms with Crippen LogP contribution in [-0.2, 0) is 11.3 Å². The van der Waals surface area contributed by atoms with E-state index in [4.69, 9.17) is 14.6 Å². The topological polar surface area (TPSA) is 74.8 Å². The second-order valence-corrected chi connectivity index (χ2v) is 7.13. The van der Waals surface area contributed by atoms with Crippen LogP contribution in [0.4, 0.5) is 0 Å². The Kier molecular flexibility index (Phi) is 5.07. The summed E-state index contributed by atoms with van der Waals surface area (Å²) in [5.74, 6) is -0.0291. The lowest BCUT2D eigenvalue weighted by Crippen LogP contribution is -2.39. The number of aromatic amines is 1. The molecule has 6 nitrogen and oxygen atoms in total. The van der Waals surface area contributed by atoms with E-state index in [1.54, 1.807) is 19.2 Å². The molecule has 0 radical (unpaired) electrons. The number of aromatic nitrogens is 1. The van der Waals surface area contributed by atoms with Gasteiger partial charge in [0.25, 0.3) is 0 Å². The number of morpholine rings is 1. The molecule has 1 fully saturated rings. The fraction of sp³-hybridized carbons (Fsp3) is 0.318. The van der Waals surface area contributed by atoms with Gasteiger partial charge in [-0.1, -0.05) is 12.1 Å². The Balaban J connectivity index is 1.68. The van der Waals surface area contributed by atoms with Crippen LogP contribution in [0.1, 0.15) is 33.1 Å². The van der Waals surface area contributed by atoms with Crippen molar-refractivity contribution in [3.8, 4) is 5.75 Å². The van der Waals surface area contributed by atoms with Crippen LogP contribution >= 0.6 is 0 Å². The van der Waals surface area contributed by atoms with Gasteiger partial charge in [-0.25, -0.2) is 4.79 Å². The number of benzene rings is 2. The smallest absolute Gasteiger partial charge is 0.335 e. The molecule has 1 saturated heterocycles. The Morgan fingerprint density at radius 2 is 2.11 bits per heavy atom. The summed E-state index contributed by atoms with van der Waals surface area (Å²) in [5, 5.41) is 10.3. The Hall–Kier alpha value is -2.83. The van der Waals surface area contributed by atoms with Crippen LogP contribution < -0.4 is 4.74 Å². The van der Waals surface area contributed by atoms with Crippen molar-refractivity contribution in [2.75, 3.05) is 26.9 Å². The van der Waals surface area contributed by atoms with Gasteiger partial charge in [0.15, 0.2) is 0 Å². The van der Waals surface area contributed by atoms with E-state index in [9.17, 15) is 4.79 Å². The molecule has 1 aliphatic heterocycles. The Bertz CT molecular complexity index is 994. The Morgan fingerprint density at radius 1 is 1.32 bits per heavy atom. The van der Waals surface area contributed by atoms with Crippen LogP contribution in [0.5, 0.6) is 5.75 Å². The molecule has 0 unspecified atom stereocenters. The van der Waals surface area contributed by atoms with Crippen LogP contribution in [0.25, 0.3) is 10.9 Å². The quantitative estimate of drug-likeness (QED) is 0.705. The van der Waals surface area contributed by atoms with Crippen molar-refractivity contribution in [1.29, 1.82) is 0 Å². The van der Waals surface area contributed by atoms with E-state index in [0.717, 1.165) is 41.0 Å². The summed E-state index contributed by atoms with van der Waals surface area (Å²) in [4.78, 5) is 16.8. The monoisotopic (exact) mass is 380 g/mol. The van der Waals surface area contributed by atoms with Crippen LogP contribution in [0.15, 0.2) is 42.6 Å². The van der Waals surface area contributed by atoms with Crippen molar-refractivity contribution in [2.45, 2.75) is 19.5 Å². The third-order valence-electron chi connectivity index (χ3n) is 5.47. The molecule has 0 aliphatic carbocycles. The normalized spacial score (nSPS) is 17.7. The van der Waals surface area contributed by atoms with Gasteiger partial charge in [0.1, 0.15) is 5.75 Å². The average Bonchev–Trinajstić information content (AvgIpc) is 3.21. The van der Waals surface area contributed by atoms with Crippen LogP contribution in [0.2, 0.25) is 0 Å². The van der Waals surface area contributed by atoms with Crippen molar-refractivity contribution in [3.05, 3.63) is 64.8 Å². The molecule has 6 heteroatoms. The highest BCUT2D eigenvalue weighted by molar-refractivity contribution is 5.88. The molecule has 1 aliphatic rings. The molecule has 2 N–H and O–H groups in total. The number of nitrogens with zero attached hydrogens (tertiary/aromatic N) is 1. The van der Waals surface area contributed by atoms with Crippen molar-refractivity contribution < 1.29 is 19.4 Å². The molecule has 0 saturated carbocycles. The zero-order valence-corrected chi connectivity index (χ0v) is 16.1. The van der Waals surface area contributed by atoms with E-state index in [1.807, 2.05) is 18.3 Å². The van der Waals surface area contributed by atoms with Crippen LogP contribution in [0, 0.1) is 6.92 Å². The van der Waals surface area contributed by atoms with Crippen LogP contribution in [-0.4, -0.2) is 47.8 Å². The Morgan fingerprint density at radius 3 is 2.82 bits per heavy atom. The first-order chi connectivity index (χ1) is 13.6. The molecule has 2 heterocycles. The number of aromatic carboxylic acids is 1. The lowest BCUT2D eigenvalue weighted by molar-refractivity contribution is -0.0128. The minimum Gasteiger partial charge on any atom is -0.496 e. The van der Waals surface area contributed by atoms with Gasteiger partial charge in [0.05, 0.1) is 31.9 Å². The van der Waals surface area contributed by atoms with Gasteiger partial charge < -0.3 is 19.6 Å². The van der Waals surface area contributed by atoms with Crippen molar-refractivity contribution in [1.82, 2.24) is 9.88 Å². The maximum Gasteiger partial charge on any atom is 0.335 e. The number of methoxy groups -OCH3 is 1. The van der Waals surface area contributed by atoms with E-state index < -0.39 is 5.97 Å². The summed E-state index contributed by atoms with van der Waals surface area (Å²) in [6.07, 6.45) is 1.96. The molecular weight excluding hydrogens is 356 g/mol. The second-order valence-electron chi connectivity index (χ2n) is 7.13. The van der Waals surface area contributed by atoms with E-state index >= 15 is 0 Å². The molecule has 1 aromatic heterocycles. The highest BCUT2D eigenvalue weighted by Crippen LogP contribution is 2.34. The lowest BCUT2D eigenvalue weighted by atomic mass is 10.00. The number of ether oxygens (including phenoxy) is 2. The van der Waals surface area contributed by atoms with Gasteiger partial charge in [-0.2, -0.15) is 0 Å². The maximum absolute atomic E-state index is 11.1. The first-order valence-corrected chi connectivity index (χ1v) is 9.37. The fourth-order valence-corrected chi connectivity index (χ4v) is 3.97. The van der Waals surface area contributed by atoms with Gasteiger partial charge in [0, 0.05) is 35.8 Å². The highest BCUT2D eigenvalue weighted by Gasteiger charge is 2.27. The number of nitrogens with one attached hydrogen (secondary N) is 1. The molecule has 0 amide bonds. The summed E-state index contributed by atoms with van der Waals surface area (Å²) >= 11 is 0. The molecular formula is C22H24N2O4. The minimum atomic E-state index is -0.914. The number of fused-ring (bicyclic) bond motifs is 1. The number of carboxylic acid groups (broad SMARTS) is 1. The van der Waals surface area contributed by atoms with E-state index in [2.05, 4.69) is 28.9 Å². The summed E-state index contributed by atoms with van der Waals surface area (Å²) in [6.45, 7) is 4.86. The van der Waals surface area contributed by atoms with Crippen molar-refractivity contribution in [3.63, 3.8) is 0 Å². The molecule has 2 aromatic carbocycles. The number of hydrogen-bond acceptors (Lipinski definition) is 4.